The third-order valence-electron chi connectivity index (χ3n) is 1.04. The molecular formula is C6H8O2S2. The largest absolute Gasteiger partial charge is 0.481 e. The average molecular weight is 176 g/mol. The van der Waals surface area contributed by atoms with Crippen molar-refractivity contribution in [3.05, 3.63) is 0 Å². The molecule has 0 radical (unpaired) electrons. The van der Waals surface area contributed by atoms with Crippen LogP contribution in [0.25, 0.3) is 0 Å². The summed E-state index contributed by atoms with van der Waals surface area (Å²) >= 11 is 9.37. The number of rotatable bonds is 4. The van der Waals surface area contributed by atoms with Crippen molar-refractivity contribution in [1.29, 1.82) is 0 Å². The van der Waals surface area contributed by atoms with Gasteiger partial charge in [-0.25, -0.2) is 0 Å². The molecule has 56 valence electrons. The zero-order chi connectivity index (χ0) is 8.15. The molecule has 0 spiro atoms. The van der Waals surface area contributed by atoms with Gasteiger partial charge in [0.2, 0.25) is 0 Å². The van der Waals surface area contributed by atoms with Gasteiger partial charge < -0.3 is 5.11 Å². The molecule has 0 saturated heterocycles. The minimum absolute atomic E-state index is 0.0545. The number of carboxylic acid groups (broad SMARTS) is 1. The van der Waals surface area contributed by atoms with E-state index in [1.54, 1.807) is 6.92 Å². The maximum absolute atomic E-state index is 10.1. The summed E-state index contributed by atoms with van der Waals surface area (Å²) in [4.78, 5) is 10.6. The minimum Gasteiger partial charge on any atom is -0.481 e. The van der Waals surface area contributed by atoms with Crippen molar-refractivity contribution in [3.63, 3.8) is 0 Å². The van der Waals surface area contributed by atoms with Crippen LogP contribution in [0.1, 0.15) is 13.3 Å². The van der Waals surface area contributed by atoms with E-state index in [0.29, 0.717) is 4.86 Å². The Morgan fingerprint density at radius 1 is 1.80 bits per heavy atom. The van der Waals surface area contributed by atoms with Crippen LogP contribution in [0.2, 0.25) is 0 Å². The second-order valence-corrected chi connectivity index (χ2v) is 2.76. The second-order valence-electron chi connectivity index (χ2n) is 1.96. The highest BCUT2D eigenvalue weighted by Gasteiger charge is 2.08. The SMILES string of the molecule is CC(C=S)C(=S)CC(=O)O. The highest BCUT2D eigenvalue weighted by molar-refractivity contribution is 7.81. The van der Waals surface area contributed by atoms with E-state index in [4.69, 9.17) is 17.3 Å². The molecule has 0 aromatic rings. The van der Waals surface area contributed by atoms with Crippen molar-refractivity contribution in [2.75, 3.05) is 0 Å². The number of carboxylic acids is 1. The Bertz CT molecular complexity index is 165. The normalized spacial score (nSPS) is 12.1. The van der Waals surface area contributed by atoms with Gasteiger partial charge in [-0.15, -0.1) is 0 Å². The lowest BCUT2D eigenvalue weighted by atomic mass is 10.1. The molecule has 2 nitrogen and oxygen atoms in total. The Kier molecular flexibility index (Phi) is 4.31. The van der Waals surface area contributed by atoms with Gasteiger partial charge in [0, 0.05) is 10.8 Å². The van der Waals surface area contributed by atoms with Gasteiger partial charge in [-0.2, -0.15) is 0 Å². The fraction of sp³-hybridized carbons (Fsp3) is 0.500. The summed E-state index contributed by atoms with van der Waals surface area (Å²) in [6.45, 7) is 1.79. The van der Waals surface area contributed by atoms with Crippen LogP contribution in [0.4, 0.5) is 0 Å². The Hall–Kier alpha value is -0.350. The fourth-order valence-electron chi connectivity index (χ4n) is 0.386. The van der Waals surface area contributed by atoms with Gasteiger partial charge in [0.05, 0.1) is 6.42 Å². The Morgan fingerprint density at radius 2 is 2.30 bits per heavy atom. The maximum atomic E-state index is 10.1. The molecule has 1 atom stereocenters. The first kappa shape index (κ1) is 9.65. The zero-order valence-electron chi connectivity index (χ0n) is 5.53. The van der Waals surface area contributed by atoms with E-state index in [1.807, 2.05) is 0 Å². The molecule has 1 N–H and O–H groups in total. The highest BCUT2D eigenvalue weighted by atomic mass is 32.1. The van der Waals surface area contributed by atoms with Crippen LogP contribution in [-0.4, -0.2) is 21.3 Å². The van der Waals surface area contributed by atoms with E-state index >= 15 is 0 Å². The smallest absolute Gasteiger partial charge is 0.308 e. The van der Waals surface area contributed by atoms with Crippen LogP contribution < -0.4 is 0 Å². The van der Waals surface area contributed by atoms with E-state index < -0.39 is 5.97 Å². The van der Waals surface area contributed by atoms with Gasteiger partial charge in [0.1, 0.15) is 0 Å². The molecule has 0 aliphatic heterocycles. The number of thiocarbonyl (C=S) groups is 2. The topological polar surface area (TPSA) is 37.3 Å². The van der Waals surface area contributed by atoms with Crippen LogP contribution in [0.15, 0.2) is 0 Å². The van der Waals surface area contributed by atoms with Gasteiger partial charge in [-0.1, -0.05) is 31.4 Å². The third-order valence-corrected chi connectivity index (χ3v) is 1.96. The molecule has 0 rings (SSSR count). The molecule has 10 heavy (non-hydrogen) atoms. The molecule has 0 heterocycles. The second kappa shape index (κ2) is 4.46. The Morgan fingerprint density at radius 3 is 2.60 bits per heavy atom. The first-order chi connectivity index (χ1) is 4.57. The van der Waals surface area contributed by atoms with E-state index in [0.717, 1.165) is 0 Å². The molecule has 0 amide bonds. The lowest BCUT2D eigenvalue weighted by Gasteiger charge is -2.02. The van der Waals surface area contributed by atoms with Crippen molar-refractivity contribution in [3.8, 4) is 0 Å². The molecule has 0 fully saturated rings. The van der Waals surface area contributed by atoms with Crippen molar-refractivity contribution in [1.82, 2.24) is 0 Å². The first-order valence-corrected chi connectivity index (χ1v) is 3.65. The Balaban J connectivity index is 3.84. The standard InChI is InChI=1S/C6H8O2S2/c1-4(3-9)5(10)2-6(7)8/h3-4H,2H2,1H3,(H,7,8). The van der Waals surface area contributed by atoms with Gasteiger partial charge in [0.15, 0.2) is 0 Å². The Labute approximate surface area is 70.2 Å². The lowest BCUT2D eigenvalue weighted by Crippen LogP contribution is -2.13. The van der Waals surface area contributed by atoms with Crippen LogP contribution in [0.5, 0.6) is 0 Å². The monoisotopic (exact) mass is 176 g/mol. The van der Waals surface area contributed by atoms with Gasteiger partial charge >= 0.3 is 5.97 Å². The molecule has 0 aliphatic carbocycles. The van der Waals surface area contributed by atoms with Gasteiger partial charge in [-0.05, 0) is 5.37 Å². The quantitative estimate of drug-likeness (QED) is 0.658. The summed E-state index contributed by atoms with van der Waals surface area (Å²) in [5.41, 5.74) is 0. The summed E-state index contributed by atoms with van der Waals surface area (Å²) in [7, 11) is 0. The van der Waals surface area contributed by atoms with Crippen molar-refractivity contribution in [2.45, 2.75) is 13.3 Å². The summed E-state index contributed by atoms with van der Waals surface area (Å²) in [6, 6.07) is 0. The van der Waals surface area contributed by atoms with Crippen molar-refractivity contribution in [2.24, 2.45) is 5.92 Å². The average Bonchev–Trinajstić information content (AvgIpc) is 1.85. The van der Waals surface area contributed by atoms with Crippen LogP contribution >= 0.6 is 24.4 Å². The summed E-state index contributed by atoms with van der Waals surface area (Å²) in [5.74, 6) is -0.949. The molecule has 0 aromatic heterocycles. The fourth-order valence-corrected chi connectivity index (χ4v) is 0.828. The maximum Gasteiger partial charge on any atom is 0.308 e. The van der Waals surface area contributed by atoms with Crippen LogP contribution in [-0.2, 0) is 4.79 Å². The number of hydrogen-bond donors (Lipinski definition) is 1. The molecular weight excluding hydrogens is 168 g/mol. The summed E-state index contributed by atoms with van der Waals surface area (Å²) < 4.78 is 0. The van der Waals surface area contributed by atoms with Crippen LogP contribution in [0, 0.1) is 5.92 Å². The minimum atomic E-state index is -0.895. The number of carbonyl (C=O) groups is 1. The zero-order valence-corrected chi connectivity index (χ0v) is 7.17. The molecule has 0 aliphatic rings. The van der Waals surface area contributed by atoms with Crippen LogP contribution in [0.3, 0.4) is 0 Å². The molecule has 0 bridgehead atoms. The predicted molar refractivity (Wildman–Crippen MR) is 47.7 cm³/mol. The van der Waals surface area contributed by atoms with Crippen molar-refractivity contribution >= 4 is 40.6 Å². The van der Waals surface area contributed by atoms with E-state index in [-0.39, 0.29) is 12.3 Å². The lowest BCUT2D eigenvalue weighted by molar-refractivity contribution is -0.135. The molecule has 1 unspecified atom stereocenters. The van der Waals surface area contributed by atoms with E-state index in [9.17, 15) is 4.79 Å². The third kappa shape index (κ3) is 3.63. The highest BCUT2D eigenvalue weighted by Crippen LogP contribution is 2.00. The predicted octanol–water partition coefficient (Wildman–Crippen LogP) is 1.47. The first-order valence-electron chi connectivity index (χ1n) is 2.77. The summed E-state index contributed by atoms with van der Waals surface area (Å²) in [5, 5.41) is 9.77. The van der Waals surface area contributed by atoms with E-state index in [2.05, 4.69) is 12.2 Å². The van der Waals surface area contributed by atoms with Gasteiger partial charge in [-0.3, -0.25) is 4.79 Å². The number of hydrogen-bond acceptors (Lipinski definition) is 3. The molecule has 0 aromatic carbocycles. The molecule has 4 heteroatoms. The van der Waals surface area contributed by atoms with E-state index in [1.165, 1.54) is 5.37 Å². The summed E-state index contributed by atoms with van der Waals surface area (Å²) in [6.07, 6.45) is -0.0658. The number of aliphatic carboxylic acids is 1. The van der Waals surface area contributed by atoms with Crippen molar-refractivity contribution < 1.29 is 9.90 Å². The van der Waals surface area contributed by atoms with Gasteiger partial charge in [0.25, 0.3) is 0 Å². The molecule has 0 saturated carbocycles.